The number of hydrogen-bond donors (Lipinski definition) is 2. The van der Waals surface area contributed by atoms with E-state index >= 15 is 0 Å². The minimum atomic E-state index is -4.60. The first kappa shape index (κ1) is 19.4. The number of carbonyl (C=O) groups excluding carboxylic acids is 1. The van der Waals surface area contributed by atoms with Crippen LogP contribution in [0.1, 0.15) is 18.4 Å². The lowest BCUT2D eigenvalue weighted by molar-refractivity contribution is -0.137. The molecule has 2 aromatic rings. The van der Waals surface area contributed by atoms with Crippen molar-refractivity contribution in [2.45, 2.75) is 19.0 Å². The van der Waals surface area contributed by atoms with Gasteiger partial charge in [0.25, 0.3) is 0 Å². The predicted molar refractivity (Wildman–Crippen MR) is 101 cm³/mol. The molecule has 1 aliphatic rings. The first-order chi connectivity index (χ1) is 12.8. The summed E-state index contributed by atoms with van der Waals surface area (Å²) in [7, 11) is 0. The Kier molecular flexibility index (Phi) is 5.79. The van der Waals surface area contributed by atoms with E-state index in [9.17, 15) is 18.0 Å². The molecule has 0 spiro atoms. The van der Waals surface area contributed by atoms with Crippen LogP contribution in [0, 0.1) is 0 Å². The van der Waals surface area contributed by atoms with Crippen molar-refractivity contribution in [1.29, 1.82) is 0 Å². The Balaban J connectivity index is 1.59. The molecule has 0 radical (unpaired) electrons. The van der Waals surface area contributed by atoms with Crippen molar-refractivity contribution in [3.63, 3.8) is 0 Å². The molecular weight excluding hydrogens is 379 g/mol. The summed E-state index contributed by atoms with van der Waals surface area (Å²) in [5.74, 6) is -0.577. The molecule has 0 bridgehead atoms. The summed E-state index contributed by atoms with van der Waals surface area (Å²) < 4.78 is 39.2. The molecule has 1 fully saturated rings. The predicted octanol–water partition coefficient (Wildman–Crippen LogP) is 5.01. The molecule has 0 aromatic heterocycles. The minimum Gasteiger partial charge on any atom is -0.376 e. The maximum atomic E-state index is 13.1. The molecule has 8 heteroatoms. The first-order valence-electron chi connectivity index (χ1n) is 8.58. The SMILES string of the molecule is O=C(CNc1ccc(N2CCCC2)cc1)Nc1ccc(Cl)cc1C(F)(F)F. The van der Waals surface area contributed by atoms with Gasteiger partial charge >= 0.3 is 6.18 Å². The van der Waals surface area contributed by atoms with E-state index in [2.05, 4.69) is 15.5 Å². The average molecular weight is 398 g/mol. The van der Waals surface area contributed by atoms with Crippen molar-refractivity contribution in [1.82, 2.24) is 0 Å². The van der Waals surface area contributed by atoms with Gasteiger partial charge in [0.05, 0.1) is 17.8 Å². The molecule has 1 heterocycles. The van der Waals surface area contributed by atoms with E-state index in [0.29, 0.717) is 0 Å². The summed E-state index contributed by atoms with van der Waals surface area (Å²) in [5.41, 5.74) is 0.556. The van der Waals surface area contributed by atoms with Crippen molar-refractivity contribution in [2.75, 3.05) is 35.2 Å². The second-order valence-corrected chi connectivity index (χ2v) is 6.77. The molecule has 27 heavy (non-hydrogen) atoms. The van der Waals surface area contributed by atoms with Crippen molar-refractivity contribution in [3.05, 3.63) is 53.1 Å². The molecule has 4 nitrogen and oxygen atoms in total. The summed E-state index contributed by atoms with van der Waals surface area (Å²) in [6.45, 7) is 1.93. The molecule has 0 atom stereocenters. The van der Waals surface area contributed by atoms with Crippen molar-refractivity contribution in [2.24, 2.45) is 0 Å². The third-order valence-electron chi connectivity index (χ3n) is 4.35. The summed E-state index contributed by atoms with van der Waals surface area (Å²) in [6, 6.07) is 10.9. The van der Waals surface area contributed by atoms with Gasteiger partial charge in [-0.15, -0.1) is 0 Å². The smallest absolute Gasteiger partial charge is 0.376 e. The van der Waals surface area contributed by atoms with E-state index < -0.39 is 17.6 Å². The van der Waals surface area contributed by atoms with Gasteiger partial charge in [-0.05, 0) is 55.3 Å². The molecule has 0 unspecified atom stereocenters. The number of nitrogens with zero attached hydrogens (tertiary/aromatic N) is 1. The van der Waals surface area contributed by atoms with Crippen LogP contribution in [0.2, 0.25) is 5.02 Å². The fourth-order valence-corrected chi connectivity index (χ4v) is 3.17. The summed E-state index contributed by atoms with van der Waals surface area (Å²) in [5, 5.41) is 5.15. The quantitative estimate of drug-likeness (QED) is 0.745. The van der Waals surface area contributed by atoms with Crippen molar-refractivity contribution in [3.8, 4) is 0 Å². The lowest BCUT2D eigenvalue weighted by Crippen LogP contribution is -2.23. The van der Waals surface area contributed by atoms with Gasteiger partial charge in [-0.3, -0.25) is 4.79 Å². The number of carbonyl (C=O) groups is 1. The zero-order valence-corrected chi connectivity index (χ0v) is 15.2. The van der Waals surface area contributed by atoms with Crippen LogP contribution in [-0.4, -0.2) is 25.5 Å². The van der Waals surface area contributed by atoms with Crippen LogP contribution in [0.15, 0.2) is 42.5 Å². The van der Waals surface area contributed by atoms with Crippen LogP contribution < -0.4 is 15.5 Å². The Morgan fingerprint density at radius 3 is 2.37 bits per heavy atom. The van der Waals surface area contributed by atoms with Gasteiger partial charge in [0, 0.05) is 29.5 Å². The fraction of sp³-hybridized carbons (Fsp3) is 0.316. The van der Waals surface area contributed by atoms with E-state index in [4.69, 9.17) is 11.6 Å². The molecule has 1 amide bonds. The molecule has 2 N–H and O–H groups in total. The Labute approximate surface area is 160 Å². The summed E-state index contributed by atoms with van der Waals surface area (Å²) in [4.78, 5) is 14.3. The van der Waals surface area contributed by atoms with E-state index in [1.54, 1.807) is 0 Å². The van der Waals surface area contributed by atoms with E-state index in [1.807, 2.05) is 24.3 Å². The highest BCUT2D eigenvalue weighted by Gasteiger charge is 2.34. The van der Waals surface area contributed by atoms with Crippen LogP contribution >= 0.6 is 11.6 Å². The third-order valence-corrected chi connectivity index (χ3v) is 4.59. The van der Waals surface area contributed by atoms with Crippen molar-refractivity contribution < 1.29 is 18.0 Å². The Morgan fingerprint density at radius 1 is 1.07 bits per heavy atom. The highest BCUT2D eigenvalue weighted by Crippen LogP contribution is 2.36. The molecule has 1 aliphatic heterocycles. The molecule has 144 valence electrons. The van der Waals surface area contributed by atoms with E-state index in [0.717, 1.165) is 36.6 Å². The number of alkyl halides is 3. The third kappa shape index (κ3) is 5.07. The second-order valence-electron chi connectivity index (χ2n) is 6.33. The largest absolute Gasteiger partial charge is 0.418 e. The molecule has 0 saturated carbocycles. The number of rotatable bonds is 5. The fourth-order valence-electron chi connectivity index (χ4n) is 3.00. The number of hydrogen-bond acceptors (Lipinski definition) is 3. The molecule has 2 aromatic carbocycles. The normalized spacial score (nSPS) is 14.3. The molecular formula is C19H19ClF3N3O. The van der Waals surface area contributed by atoms with Crippen molar-refractivity contribution >= 4 is 34.6 Å². The number of anilines is 3. The Hall–Kier alpha value is -2.41. The number of benzene rings is 2. The van der Waals surface area contributed by atoms with E-state index in [-0.39, 0.29) is 17.3 Å². The second kappa shape index (κ2) is 8.08. The topological polar surface area (TPSA) is 44.4 Å². The maximum Gasteiger partial charge on any atom is 0.418 e. The molecule has 1 saturated heterocycles. The lowest BCUT2D eigenvalue weighted by Gasteiger charge is -2.18. The Morgan fingerprint density at radius 2 is 1.74 bits per heavy atom. The van der Waals surface area contributed by atoms with Crippen LogP contribution in [0.3, 0.4) is 0 Å². The average Bonchev–Trinajstić information content (AvgIpc) is 3.16. The van der Waals surface area contributed by atoms with Gasteiger partial charge in [0.15, 0.2) is 0 Å². The zero-order chi connectivity index (χ0) is 19.4. The van der Waals surface area contributed by atoms with Gasteiger partial charge in [-0.25, -0.2) is 0 Å². The number of halogens is 4. The summed E-state index contributed by atoms with van der Waals surface area (Å²) >= 11 is 5.63. The van der Waals surface area contributed by atoms with Gasteiger partial charge < -0.3 is 15.5 Å². The number of nitrogens with one attached hydrogen (secondary N) is 2. The lowest BCUT2D eigenvalue weighted by atomic mass is 10.1. The monoisotopic (exact) mass is 397 g/mol. The summed E-state index contributed by atoms with van der Waals surface area (Å²) in [6.07, 6.45) is -2.23. The van der Waals surface area contributed by atoms with Crippen LogP contribution in [-0.2, 0) is 11.0 Å². The van der Waals surface area contributed by atoms with Crippen LogP contribution in [0.25, 0.3) is 0 Å². The van der Waals surface area contributed by atoms with E-state index in [1.165, 1.54) is 18.9 Å². The van der Waals surface area contributed by atoms with Crippen LogP contribution in [0.4, 0.5) is 30.2 Å². The van der Waals surface area contributed by atoms with Gasteiger partial charge in [0.2, 0.25) is 5.91 Å². The van der Waals surface area contributed by atoms with Gasteiger partial charge in [-0.1, -0.05) is 11.6 Å². The zero-order valence-electron chi connectivity index (χ0n) is 14.4. The highest BCUT2D eigenvalue weighted by molar-refractivity contribution is 6.30. The molecule has 0 aliphatic carbocycles. The highest BCUT2D eigenvalue weighted by atomic mass is 35.5. The Bertz CT molecular complexity index is 803. The first-order valence-corrected chi connectivity index (χ1v) is 8.96. The van der Waals surface area contributed by atoms with Gasteiger partial charge in [0.1, 0.15) is 0 Å². The molecule has 3 rings (SSSR count). The standard InChI is InChI=1S/C19H19ClF3N3O/c20-13-3-8-17(16(11-13)19(21,22)23)25-18(27)12-24-14-4-6-15(7-5-14)26-9-1-2-10-26/h3-8,11,24H,1-2,9-10,12H2,(H,25,27). The minimum absolute atomic E-state index is 0.0449. The number of amides is 1. The van der Waals surface area contributed by atoms with Crippen LogP contribution in [0.5, 0.6) is 0 Å². The van der Waals surface area contributed by atoms with Gasteiger partial charge in [-0.2, -0.15) is 13.2 Å². The maximum absolute atomic E-state index is 13.1.